The number of benzene rings is 1. The quantitative estimate of drug-likeness (QED) is 0.868. The predicted octanol–water partition coefficient (Wildman–Crippen LogP) is 1.14. The number of halogens is 1. The molecular weight excluding hydrogens is 253 g/mol. The van der Waals surface area contributed by atoms with Crippen LogP contribution in [0, 0.1) is 11.7 Å². The number of hydrogen-bond acceptors (Lipinski definition) is 3. The van der Waals surface area contributed by atoms with E-state index in [9.17, 15) is 14.0 Å². The molecule has 1 N–H and O–H groups in total. The number of carbonyl (C=O) groups is 2. The van der Waals surface area contributed by atoms with Crippen LogP contribution in [0.2, 0.25) is 0 Å². The van der Waals surface area contributed by atoms with Gasteiger partial charge >= 0.3 is 5.97 Å². The van der Waals surface area contributed by atoms with Crippen molar-refractivity contribution in [1.29, 1.82) is 0 Å². The Bertz CT molecular complexity index is 474. The second kappa shape index (κ2) is 5.69. The van der Waals surface area contributed by atoms with Gasteiger partial charge < -0.3 is 14.7 Å². The summed E-state index contributed by atoms with van der Waals surface area (Å²) in [5, 5.41) is 8.83. The Hall–Kier alpha value is -2.11. The number of ether oxygens (including phenoxy) is 1. The van der Waals surface area contributed by atoms with Crippen LogP contribution in [0.3, 0.4) is 0 Å². The average molecular weight is 267 g/mol. The summed E-state index contributed by atoms with van der Waals surface area (Å²) in [7, 11) is 0. The molecule has 1 aliphatic heterocycles. The van der Waals surface area contributed by atoms with E-state index in [1.807, 2.05) is 0 Å². The van der Waals surface area contributed by atoms with Crippen molar-refractivity contribution in [3.63, 3.8) is 0 Å². The largest absolute Gasteiger partial charge is 0.492 e. The Labute approximate surface area is 109 Å². The molecule has 1 saturated heterocycles. The topological polar surface area (TPSA) is 66.8 Å². The molecule has 0 radical (unpaired) electrons. The molecule has 1 heterocycles. The summed E-state index contributed by atoms with van der Waals surface area (Å²) in [6, 6.07) is 5.58. The zero-order chi connectivity index (χ0) is 13.8. The molecule has 1 unspecified atom stereocenters. The Balaban J connectivity index is 1.78. The first-order valence-electron chi connectivity index (χ1n) is 5.95. The lowest BCUT2D eigenvalue weighted by Gasteiger charge is -2.16. The maximum absolute atomic E-state index is 12.7. The van der Waals surface area contributed by atoms with Crippen LogP contribution in [0.4, 0.5) is 4.39 Å². The first kappa shape index (κ1) is 13.3. The third kappa shape index (κ3) is 3.43. The molecule has 102 valence electrons. The Morgan fingerprint density at radius 1 is 1.42 bits per heavy atom. The van der Waals surface area contributed by atoms with Crippen LogP contribution in [0.25, 0.3) is 0 Å². The number of carbonyl (C=O) groups excluding carboxylic acids is 1. The lowest BCUT2D eigenvalue weighted by atomic mass is 10.1. The van der Waals surface area contributed by atoms with Gasteiger partial charge in [-0.05, 0) is 24.3 Å². The van der Waals surface area contributed by atoms with Crippen molar-refractivity contribution in [2.75, 3.05) is 19.7 Å². The van der Waals surface area contributed by atoms with Crippen molar-refractivity contribution >= 4 is 11.9 Å². The van der Waals surface area contributed by atoms with Crippen molar-refractivity contribution in [2.45, 2.75) is 6.42 Å². The summed E-state index contributed by atoms with van der Waals surface area (Å²) >= 11 is 0. The molecule has 1 atom stereocenters. The summed E-state index contributed by atoms with van der Waals surface area (Å²) in [6.07, 6.45) is 0.0475. The molecular formula is C13H14FNO4. The van der Waals surface area contributed by atoms with E-state index in [1.165, 1.54) is 29.2 Å². The molecule has 0 saturated carbocycles. The second-order valence-corrected chi connectivity index (χ2v) is 4.38. The average Bonchev–Trinajstić information content (AvgIpc) is 2.74. The first-order valence-corrected chi connectivity index (χ1v) is 5.95. The van der Waals surface area contributed by atoms with Gasteiger partial charge in [-0.2, -0.15) is 0 Å². The molecule has 0 aromatic heterocycles. The summed E-state index contributed by atoms with van der Waals surface area (Å²) in [4.78, 5) is 23.8. The Morgan fingerprint density at radius 3 is 2.68 bits per heavy atom. The molecule has 0 spiro atoms. The maximum atomic E-state index is 12.7. The van der Waals surface area contributed by atoms with Crippen molar-refractivity contribution in [2.24, 2.45) is 5.92 Å². The number of carboxylic acids is 1. The number of nitrogens with zero attached hydrogens (tertiary/aromatic N) is 1. The van der Waals surface area contributed by atoms with Crippen LogP contribution in [0.15, 0.2) is 24.3 Å². The predicted molar refractivity (Wildman–Crippen MR) is 64.2 cm³/mol. The van der Waals surface area contributed by atoms with Gasteiger partial charge in [-0.3, -0.25) is 9.59 Å². The van der Waals surface area contributed by atoms with Crippen LogP contribution >= 0.6 is 0 Å². The van der Waals surface area contributed by atoms with Crippen LogP contribution in [-0.2, 0) is 9.59 Å². The number of likely N-dealkylation sites (tertiary alicyclic amines) is 1. The van der Waals surface area contributed by atoms with E-state index < -0.39 is 11.9 Å². The molecule has 19 heavy (non-hydrogen) atoms. The molecule has 1 aliphatic rings. The molecule has 0 bridgehead atoms. The summed E-state index contributed by atoms with van der Waals surface area (Å²) in [5.41, 5.74) is 0. The SMILES string of the molecule is O=C(O)C1CC(=O)N(CCOc2ccc(F)cc2)C1. The smallest absolute Gasteiger partial charge is 0.308 e. The van der Waals surface area contributed by atoms with Gasteiger partial charge in [0.2, 0.25) is 5.91 Å². The minimum absolute atomic E-state index is 0.0475. The molecule has 6 heteroatoms. The Morgan fingerprint density at radius 2 is 2.11 bits per heavy atom. The van der Waals surface area contributed by atoms with E-state index in [4.69, 9.17) is 9.84 Å². The Kier molecular flexibility index (Phi) is 3.99. The van der Waals surface area contributed by atoms with Crippen molar-refractivity contribution in [1.82, 2.24) is 4.90 Å². The lowest BCUT2D eigenvalue weighted by Crippen LogP contribution is -2.30. The van der Waals surface area contributed by atoms with Crippen LogP contribution < -0.4 is 4.74 Å². The fourth-order valence-electron chi connectivity index (χ4n) is 1.96. The van der Waals surface area contributed by atoms with Crippen LogP contribution in [0.1, 0.15) is 6.42 Å². The number of aliphatic carboxylic acids is 1. The zero-order valence-corrected chi connectivity index (χ0v) is 10.2. The summed E-state index contributed by atoms with van der Waals surface area (Å²) in [5.74, 6) is -1.57. The van der Waals surface area contributed by atoms with Gasteiger partial charge in [0, 0.05) is 13.0 Å². The fraction of sp³-hybridized carbons (Fsp3) is 0.385. The van der Waals surface area contributed by atoms with Crippen LogP contribution in [0.5, 0.6) is 5.75 Å². The minimum atomic E-state index is -0.949. The molecule has 5 nitrogen and oxygen atoms in total. The highest BCUT2D eigenvalue weighted by atomic mass is 19.1. The molecule has 0 aliphatic carbocycles. The van der Waals surface area contributed by atoms with E-state index in [2.05, 4.69) is 0 Å². The third-order valence-electron chi connectivity index (χ3n) is 3.01. The maximum Gasteiger partial charge on any atom is 0.308 e. The molecule has 1 aromatic rings. The van der Waals surface area contributed by atoms with Gasteiger partial charge in [-0.25, -0.2) is 4.39 Å². The molecule has 1 amide bonds. The van der Waals surface area contributed by atoms with Gasteiger partial charge in [-0.15, -0.1) is 0 Å². The van der Waals surface area contributed by atoms with Crippen molar-refractivity contribution < 1.29 is 23.8 Å². The van der Waals surface area contributed by atoms with Gasteiger partial charge in [0.25, 0.3) is 0 Å². The standard InChI is InChI=1S/C13H14FNO4/c14-10-1-3-11(4-2-10)19-6-5-15-8-9(13(17)18)7-12(15)16/h1-4,9H,5-8H2,(H,17,18). The summed E-state index contributed by atoms with van der Waals surface area (Å²) < 4.78 is 18.0. The lowest BCUT2D eigenvalue weighted by molar-refractivity contribution is -0.141. The first-order chi connectivity index (χ1) is 9.06. The van der Waals surface area contributed by atoms with Crippen LogP contribution in [-0.4, -0.2) is 41.6 Å². The number of hydrogen-bond donors (Lipinski definition) is 1. The van der Waals surface area contributed by atoms with Gasteiger partial charge in [-0.1, -0.05) is 0 Å². The fourth-order valence-corrected chi connectivity index (χ4v) is 1.96. The summed E-state index contributed by atoms with van der Waals surface area (Å²) in [6.45, 7) is 0.810. The van der Waals surface area contributed by atoms with E-state index >= 15 is 0 Å². The second-order valence-electron chi connectivity index (χ2n) is 4.38. The highest BCUT2D eigenvalue weighted by Crippen LogP contribution is 2.18. The number of rotatable bonds is 5. The minimum Gasteiger partial charge on any atom is -0.492 e. The highest BCUT2D eigenvalue weighted by molar-refractivity contribution is 5.86. The van der Waals surface area contributed by atoms with E-state index in [1.54, 1.807) is 0 Å². The zero-order valence-electron chi connectivity index (χ0n) is 10.2. The van der Waals surface area contributed by atoms with E-state index in [0.29, 0.717) is 12.3 Å². The normalized spacial score (nSPS) is 18.7. The number of amides is 1. The highest BCUT2D eigenvalue weighted by Gasteiger charge is 2.33. The molecule has 1 fully saturated rings. The van der Waals surface area contributed by atoms with E-state index in [-0.39, 0.29) is 31.3 Å². The van der Waals surface area contributed by atoms with Gasteiger partial charge in [0.1, 0.15) is 18.2 Å². The van der Waals surface area contributed by atoms with Gasteiger partial charge in [0.15, 0.2) is 0 Å². The molecule has 2 rings (SSSR count). The van der Waals surface area contributed by atoms with Crippen molar-refractivity contribution in [3.05, 3.63) is 30.1 Å². The molecule has 1 aromatic carbocycles. The van der Waals surface area contributed by atoms with Crippen molar-refractivity contribution in [3.8, 4) is 5.75 Å². The van der Waals surface area contributed by atoms with Gasteiger partial charge in [0.05, 0.1) is 12.5 Å². The third-order valence-corrected chi connectivity index (χ3v) is 3.01. The van der Waals surface area contributed by atoms with E-state index in [0.717, 1.165) is 0 Å². The monoisotopic (exact) mass is 267 g/mol. The number of carboxylic acid groups (broad SMARTS) is 1.